The minimum absolute atomic E-state index is 0.194. The van der Waals surface area contributed by atoms with Gasteiger partial charge in [-0.2, -0.15) is 5.10 Å². The normalized spacial score (nSPS) is 18.1. The van der Waals surface area contributed by atoms with Gasteiger partial charge in [0.05, 0.1) is 24.3 Å². The fraction of sp³-hybridized carbons (Fsp3) is 0.524. The summed E-state index contributed by atoms with van der Waals surface area (Å²) in [4.78, 5) is 40.3. The summed E-state index contributed by atoms with van der Waals surface area (Å²) in [5, 5.41) is 4.46. The smallest absolute Gasteiger partial charge is 0.310 e. The van der Waals surface area contributed by atoms with Crippen LogP contribution in [0, 0.1) is 12.8 Å². The average molecular weight is 414 g/mol. The summed E-state index contributed by atoms with van der Waals surface area (Å²) in [5.41, 5.74) is 1.45. The molecule has 0 saturated carbocycles. The molecule has 160 valence electrons. The minimum Gasteiger partial charge on any atom is -0.466 e. The summed E-state index contributed by atoms with van der Waals surface area (Å²) in [6.45, 7) is 6.60. The number of furan rings is 1. The number of fused-ring (bicyclic) bond motifs is 3. The minimum atomic E-state index is -0.733. The second-order valence-corrected chi connectivity index (χ2v) is 7.63. The van der Waals surface area contributed by atoms with Gasteiger partial charge in [0.15, 0.2) is 5.58 Å². The summed E-state index contributed by atoms with van der Waals surface area (Å²) in [7, 11) is 0. The number of aryl methyl sites for hydroxylation is 1. The topological polar surface area (TPSA) is 99.1 Å². The standard InChI is InChI=1S/C21H26N4O5/c1-4-15(19(26)23-9-6-7-14(12-23)21(28)29-5-2)25-20(27)17-11-18-16(8-10-30-18)24(17)13(3)22-25/h8,10-11,14-15H,4-7,9,12H2,1-3H3/t14-,15-/m1/s1. The van der Waals surface area contributed by atoms with Crippen molar-refractivity contribution >= 4 is 28.5 Å². The van der Waals surface area contributed by atoms with Crippen molar-refractivity contribution in [2.75, 3.05) is 19.7 Å². The number of carbonyl (C=O) groups is 2. The zero-order valence-corrected chi connectivity index (χ0v) is 17.5. The first kappa shape index (κ1) is 20.2. The number of rotatable bonds is 5. The van der Waals surface area contributed by atoms with Crippen LogP contribution in [0.4, 0.5) is 0 Å². The summed E-state index contributed by atoms with van der Waals surface area (Å²) in [5.74, 6) is -0.201. The predicted molar refractivity (Wildman–Crippen MR) is 109 cm³/mol. The van der Waals surface area contributed by atoms with Crippen molar-refractivity contribution in [3.8, 4) is 0 Å². The average Bonchev–Trinajstić information content (AvgIpc) is 3.34. The van der Waals surface area contributed by atoms with Crippen molar-refractivity contribution in [2.24, 2.45) is 5.92 Å². The third-order valence-corrected chi connectivity index (χ3v) is 5.75. The number of amides is 1. The number of aromatic nitrogens is 3. The van der Waals surface area contributed by atoms with Crippen LogP contribution in [-0.4, -0.2) is 50.7 Å². The summed E-state index contributed by atoms with van der Waals surface area (Å²) >= 11 is 0. The van der Waals surface area contributed by atoms with Crippen LogP contribution >= 0.6 is 0 Å². The van der Waals surface area contributed by atoms with Gasteiger partial charge in [-0.15, -0.1) is 0 Å². The Balaban J connectivity index is 1.67. The fourth-order valence-corrected chi connectivity index (χ4v) is 4.30. The Kier molecular flexibility index (Phi) is 5.36. The maximum absolute atomic E-state index is 13.3. The Bertz CT molecular complexity index is 1160. The number of nitrogens with zero attached hydrogens (tertiary/aromatic N) is 4. The summed E-state index contributed by atoms with van der Waals surface area (Å²) in [6.07, 6.45) is 3.41. The first-order chi connectivity index (χ1) is 14.5. The van der Waals surface area contributed by atoms with Gasteiger partial charge in [-0.3, -0.25) is 18.8 Å². The number of hydrogen-bond donors (Lipinski definition) is 0. The number of ether oxygens (including phenoxy) is 1. The van der Waals surface area contributed by atoms with Crippen molar-refractivity contribution in [3.63, 3.8) is 0 Å². The molecule has 30 heavy (non-hydrogen) atoms. The van der Waals surface area contributed by atoms with E-state index in [1.165, 1.54) is 4.68 Å². The molecule has 3 aromatic heterocycles. The van der Waals surface area contributed by atoms with E-state index in [4.69, 9.17) is 9.15 Å². The van der Waals surface area contributed by atoms with Crippen molar-refractivity contribution in [2.45, 2.75) is 46.1 Å². The van der Waals surface area contributed by atoms with Crippen molar-refractivity contribution in [3.05, 3.63) is 34.6 Å². The highest BCUT2D eigenvalue weighted by molar-refractivity contribution is 5.84. The monoisotopic (exact) mass is 414 g/mol. The molecule has 1 saturated heterocycles. The third kappa shape index (κ3) is 3.28. The Hall–Kier alpha value is -3.10. The number of carbonyl (C=O) groups excluding carboxylic acids is 2. The number of hydrogen-bond acceptors (Lipinski definition) is 6. The maximum Gasteiger partial charge on any atom is 0.310 e. The van der Waals surface area contributed by atoms with E-state index < -0.39 is 6.04 Å². The molecule has 0 unspecified atom stereocenters. The molecule has 0 N–H and O–H groups in total. The molecule has 4 rings (SSSR count). The van der Waals surface area contributed by atoms with Crippen molar-refractivity contribution in [1.29, 1.82) is 0 Å². The molecule has 0 aromatic carbocycles. The van der Waals surface area contributed by atoms with E-state index in [2.05, 4.69) is 5.10 Å². The molecule has 1 amide bonds. The molecule has 2 atom stereocenters. The molecular weight excluding hydrogens is 388 g/mol. The number of esters is 1. The highest BCUT2D eigenvalue weighted by Crippen LogP contribution is 2.24. The first-order valence-corrected chi connectivity index (χ1v) is 10.4. The molecule has 1 fully saturated rings. The highest BCUT2D eigenvalue weighted by atomic mass is 16.5. The van der Waals surface area contributed by atoms with E-state index in [9.17, 15) is 14.4 Å². The second kappa shape index (κ2) is 7.97. The lowest BCUT2D eigenvalue weighted by molar-refractivity contribution is -0.151. The van der Waals surface area contributed by atoms with Gasteiger partial charge in [-0.05, 0) is 33.1 Å². The second-order valence-electron chi connectivity index (χ2n) is 7.63. The maximum atomic E-state index is 13.3. The molecule has 0 spiro atoms. The molecule has 0 bridgehead atoms. The van der Waals surface area contributed by atoms with Crippen LogP contribution in [0.5, 0.6) is 0 Å². The molecule has 1 aliphatic heterocycles. The zero-order valence-electron chi connectivity index (χ0n) is 17.5. The zero-order chi connectivity index (χ0) is 21.4. The van der Waals surface area contributed by atoms with Crippen molar-refractivity contribution in [1.82, 2.24) is 19.1 Å². The van der Waals surface area contributed by atoms with Gasteiger partial charge in [-0.1, -0.05) is 6.92 Å². The molecule has 4 heterocycles. The molecular formula is C21H26N4O5. The van der Waals surface area contributed by atoms with E-state index >= 15 is 0 Å². The number of likely N-dealkylation sites (tertiary alicyclic amines) is 1. The molecule has 1 aliphatic rings. The van der Waals surface area contributed by atoms with Crippen LogP contribution in [0.25, 0.3) is 16.6 Å². The summed E-state index contributed by atoms with van der Waals surface area (Å²) in [6, 6.07) is 2.73. The fourth-order valence-electron chi connectivity index (χ4n) is 4.30. The van der Waals surface area contributed by atoms with Gasteiger partial charge < -0.3 is 14.1 Å². The van der Waals surface area contributed by atoms with E-state index in [0.717, 1.165) is 11.9 Å². The van der Waals surface area contributed by atoms with Gasteiger partial charge in [0.1, 0.15) is 17.4 Å². The highest BCUT2D eigenvalue weighted by Gasteiger charge is 2.34. The predicted octanol–water partition coefficient (Wildman–Crippen LogP) is 2.30. The molecule has 0 radical (unpaired) electrons. The van der Waals surface area contributed by atoms with Gasteiger partial charge in [0.2, 0.25) is 5.91 Å². The Morgan fingerprint density at radius 1 is 1.33 bits per heavy atom. The van der Waals surface area contributed by atoms with E-state index in [1.807, 2.05) is 6.92 Å². The van der Waals surface area contributed by atoms with E-state index in [-0.39, 0.29) is 23.4 Å². The largest absolute Gasteiger partial charge is 0.466 e. The van der Waals surface area contributed by atoms with E-state index in [0.29, 0.717) is 49.5 Å². The lowest BCUT2D eigenvalue weighted by atomic mass is 9.97. The molecule has 9 nitrogen and oxygen atoms in total. The number of piperidine rings is 1. The van der Waals surface area contributed by atoms with Gasteiger partial charge in [-0.25, -0.2) is 4.68 Å². The Morgan fingerprint density at radius 3 is 2.87 bits per heavy atom. The molecule has 0 aliphatic carbocycles. The van der Waals surface area contributed by atoms with Crippen LogP contribution in [0.1, 0.15) is 45.0 Å². The van der Waals surface area contributed by atoms with Crippen LogP contribution in [-0.2, 0) is 14.3 Å². The SMILES string of the molecule is CCOC(=O)[C@@H]1CCCN(C(=O)[C@@H](CC)n2nc(C)n3c(cc4occc43)c2=O)C1. The van der Waals surface area contributed by atoms with Crippen LogP contribution in [0.15, 0.2) is 27.6 Å². The van der Waals surface area contributed by atoms with Crippen LogP contribution in [0.3, 0.4) is 0 Å². The van der Waals surface area contributed by atoms with Gasteiger partial charge in [0, 0.05) is 25.2 Å². The molecule has 9 heteroatoms. The lowest BCUT2D eigenvalue weighted by Crippen LogP contribution is -2.47. The van der Waals surface area contributed by atoms with Gasteiger partial charge >= 0.3 is 5.97 Å². The van der Waals surface area contributed by atoms with E-state index in [1.54, 1.807) is 41.5 Å². The Labute approximate surface area is 173 Å². The third-order valence-electron chi connectivity index (χ3n) is 5.75. The van der Waals surface area contributed by atoms with Crippen LogP contribution in [0.2, 0.25) is 0 Å². The summed E-state index contributed by atoms with van der Waals surface area (Å²) < 4.78 is 13.6. The lowest BCUT2D eigenvalue weighted by Gasteiger charge is -2.34. The van der Waals surface area contributed by atoms with Gasteiger partial charge in [0.25, 0.3) is 5.56 Å². The quantitative estimate of drug-likeness (QED) is 0.594. The van der Waals surface area contributed by atoms with Crippen molar-refractivity contribution < 1.29 is 18.7 Å². The Morgan fingerprint density at radius 2 is 2.13 bits per heavy atom. The molecule has 3 aromatic rings. The first-order valence-electron chi connectivity index (χ1n) is 10.4. The van der Waals surface area contributed by atoms with Crippen LogP contribution < -0.4 is 5.56 Å².